The van der Waals surface area contributed by atoms with E-state index in [0.717, 1.165) is 19.1 Å². The minimum atomic E-state index is -0.428. The second-order valence-corrected chi connectivity index (χ2v) is 3.36. The van der Waals surface area contributed by atoms with Gasteiger partial charge in [-0.3, -0.25) is 0 Å². The number of ether oxygens (including phenoxy) is 1. The molecule has 0 radical (unpaired) electrons. The molecule has 0 rings (SSSR count). The van der Waals surface area contributed by atoms with Crippen LogP contribution in [0.2, 0.25) is 0 Å². The monoisotopic (exact) mass is 200 g/mol. The van der Waals surface area contributed by atoms with Crippen molar-refractivity contribution in [3.63, 3.8) is 0 Å². The molecular formula is C11H20O3. The summed E-state index contributed by atoms with van der Waals surface area (Å²) in [5, 5.41) is 8.51. The van der Waals surface area contributed by atoms with Crippen LogP contribution in [0.15, 0.2) is 11.8 Å². The van der Waals surface area contributed by atoms with Gasteiger partial charge in [0, 0.05) is 0 Å². The van der Waals surface area contributed by atoms with Crippen LogP contribution in [0.25, 0.3) is 0 Å². The number of unbranched alkanes of at least 4 members (excludes halogenated alkanes) is 4. The van der Waals surface area contributed by atoms with Gasteiger partial charge < -0.3 is 9.84 Å². The highest BCUT2D eigenvalue weighted by Gasteiger charge is 2.04. The first-order chi connectivity index (χ1) is 6.72. The maximum absolute atomic E-state index is 11.0. The third-order valence-corrected chi connectivity index (χ3v) is 2.00. The van der Waals surface area contributed by atoms with Crippen molar-refractivity contribution >= 4 is 5.97 Å². The third-order valence-electron chi connectivity index (χ3n) is 2.00. The standard InChI is InChI=1S/C11H20O3/c1-3-4-5-6-7-8-14-11(13)10(2)9-12/h9,12H,3-8H2,1-2H3/b10-9+. The average molecular weight is 200 g/mol. The molecule has 0 aliphatic rings. The molecule has 0 aromatic carbocycles. The number of carbonyl (C=O) groups is 1. The van der Waals surface area contributed by atoms with Crippen molar-refractivity contribution in [1.82, 2.24) is 0 Å². The summed E-state index contributed by atoms with van der Waals surface area (Å²) in [4.78, 5) is 11.0. The van der Waals surface area contributed by atoms with E-state index in [9.17, 15) is 4.79 Å². The van der Waals surface area contributed by atoms with E-state index in [2.05, 4.69) is 6.92 Å². The summed E-state index contributed by atoms with van der Waals surface area (Å²) in [7, 11) is 0. The fourth-order valence-corrected chi connectivity index (χ4v) is 1.04. The van der Waals surface area contributed by atoms with Crippen molar-refractivity contribution in [2.24, 2.45) is 0 Å². The van der Waals surface area contributed by atoms with E-state index in [4.69, 9.17) is 9.84 Å². The van der Waals surface area contributed by atoms with E-state index in [1.807, 2.05) is 0 Å². The first-order valence-corrected chi connectivity index (χ1v) is 5.20. The van der Waals surface area contributed by atoms with Crippen LogP contribution >= 0.6 is 0 Å². The molecule has 1 N–H and O–H groups in total. The van der Waals surface area contributed by atoms with Crippen molar-refractivity contribution in [2.45, 2.75) is 46.0 Å². The second-order valence-electron chi connectivity index (χ2n) is 3.36. The fourth-order valence-electron chi connectivity index (χ4n) is 1.04. The summed E-state index contributed by atoms with van der Waals surface area (Å²) in [5.41, 5.74) is 0.249. The van der Waals surface area contributed by atoms with Gasteiger partial charge in [0.05, 0.1) is 18.4 Å². The number of carbonyl (C=O) groups excluding carboxylic acids is 1. The molecule has 82 valence electrons. The summed E-state index contributed by atoms with van der Waals surface area (Å²) >= 11 is 0. The Hall–Kier alpha value is -0.990. The highest BCUT2D eigenvalue weighted by molar-refractivity contribution is 5.87. The molecule has 0 aliphatic carbocycles. The Bertz CT molecular complexity index is 185. The zero-order chi connectivity index (χ0) is 10.8. The van der Waals surface area contributed by atoms with Gasteiger partial charge in [-0.2, -0.15) is 0 Å². The van der Waals surface area contributed by atoms with Crippen molar-refractivity contribution < 1.29 is 14.6 Å². The fraction of sp³-hybridized carbons (Fsp3) is 0.727. The maximum Gasteiger partial charge on any atom is 0.336 e. The Labute approximate surface area is 85.8 Å². The molecule has 0 aromatic heterocycles. The topological polar surface area (TPSA) is 46.5 Å². The van der Waals surface area contributed by atoms with E-state index < -0.39 is 5.97 Å². The molecule has 0 spiro atoms. The lowest BCUT2D eigenvalue weighted by Crippen LogP contribution is -2.06. The molecule has 0 amide bonds. The van der Waals surface area contributed by atoms with Gasteiger partial charge in [0.15, 0.2) is 0 Å². The summed E-state index contributed by atoms with van der Waals surface area (Å²) in [6, 6.07) is 0. The number of hydrogen-bond acceptors (Lipinski definition) is 3. The molecule has 0 saturated heterocycles. The zero-order valence-electron chi connectivity index (χ0n) is 9.08. The van der Waals surface area contributed by atoms with E-state index in [1.165, 1.54) is 26.2 Å². The van der Waals surface area contributed by atoms with Crippen LogP contribution in [-0.4, -0.2) is 17.7 Å². The Morgan fingerprint density at radius 3 is 2.50 bits per heavy atom. The van der Waals surface area contributed by atoms with Gasteiger partial charge in [0.2, 0.25) is 0 Å². The van der Waals surface area contributed by atoms with Gasteiger partial charge in [-0.05, 0) is 13.3 Å². The van der Waals surface area contributed by atoms with Crippen LogP contribution in [0, 0.1) is 0 Å². The molecule has 0 unspecified atom stereocenters. The molecule has 3 nitrogen and oxygen atoms in total. The number of hydrogen-bond donors (Lipinski definition) is 1. The van der Waals surface area contributed by atoms with E-state index in [-0.39, 0.29) is 5.57 Å². The van der Waals surface area contributed by atoms with Crippen molar-refractivity contribution in [2.75, 3.05) is 6.61 Å². The van der Waals surface area contributed by atoms with E-state index in [0.29, 0.717) is 6.61 Å². The van der Waals surface area contributed by atoms with Crippen LogP contribution in [0.5, 0.6) is 0 Å². The van der Waals surface area contributed by atoms with Crippen molar-refractivity contribution in [3.05, 3.63) is 11.8 Å². The van der Waals surface area contributed by atoms with Gasteiger partial charge in [0.1, 0.15) is 0 Å². The normalized spacial score (nSPS) is 11.4. The summed E-state index contributed by atoms with van der Waals surface area (Å²) < 4.78 is 4.91. The lowest BCUT2D eigenvalue weighted by atomic mass is 10.2. The highest BCUT2D eigenvalue weighted by Crippen LogP contribution is 2.03. The van der Waals surface area contributed by atoms with Crippen LogP contribution in [0.4, 0.5) is 0 Å². The average Bonchev–Trinajstić information content (AvgIpc) is 2.21. The molecule has 0 bridgehead atoms. The van der Waals surface area contributed by atoms with Crippen LogP contribution in [0.1, 0.15) is 46.0 Å². The Morgan fingerprint density at radius 2 is 1.93 bits per heavy atom. The minimum absolute atomic E-state index is 0.249. The lowest BCUT2D eigenvalue weighted by Gasteiger charge is -2.03. The predicted molar refractivity (Wildman–Crippen MR) is 56.1 cm³/mol. The molecular weight excluding hydrogens is 180 g/mol. The van der Waals surface area contributed by atoms with Gasteiger partial charge in [-0.25, -0.2) is 4.79 Å². The lowest BCUT2D eigenvalue weighted by molar-refractivity contribution is -0.139. The number of esters is 1. The van der Waals surface area contributed by atoms with Gasteiger partial charge in [-0.1, -0.05) is 32.6 Å². The number of rotatable bonds is 7. The van der Waals surface area contributed by atoms with E-state index in [1.54, 1.807) is 0 Å². The number of aliphatic hydroxyl groups is 1. The maximum atomic E-state index is 11.0. The Balaban J connectivity index is 3.32. The quantitative estimate of drug-likeness (QED) is 0.297. The summed E-state index contributed by atoms with van der Waals surface area (Å²) in [6.07, 6.45) is 6.44. The first-order valence-electron chi connectivity index (χ1n) is 5.20. The number of aliphatic hydroxyl groups excluding tert-OH is 1. The minimum Gasteiger partial charge on any atom is -0.515 e. The molecule has 14 heavy (non-hydrogen) atoms. The smallest absolute Gasteiger partial charge is 0.336 e. The molecule has 0 heterocycles. The zero-order valence-corrected chi connectivity index (χ0v) is 9.08. The van der Waals surface area contributed by atoms with Gasteiger partial charge >= 0.3 is 5.97 Å². The highest BCUT2D eigenvalue weighted by atomic mass is 16.5. The van der Waals surface area contributed by atoms with Crippen molar-refractivity contribution in [1.29, 1.82) is 0 Å². The SMILES string of the molecule is CCCCCCCOC(=O)/C(C)=C/O. The Kier molecular flexibility index (Phi) is 7.99. The summed E-state index contributed by atoms with van der Waals surface area (Å²) in [6.45, 7) is 4.14. The Morgan fingerprint density at radius 1 is 1.29 bits per heavy atom. The van der Waals surface area contributed by atoms with Crippen molar-refractivity contribution in [3.8, 4) is 0 Å². The molecule has 0 fully saturated rings. The van der Waals surface area contributed by atoms with Crippen LogP contribution < -0.4 is 0 Å². The molecule has 0 aromatic rings. The third kappa shape index (κ3) is 6.52. The molecule has 3 heteroatoms. The van der Waals surface area contributed by atoms with Crippen LogP contribution in [-0.2, 0) is 9.53 Å². The second kappa shape index (κ2) is 8.60. The van der Waals surface area contributed by atoms with E-state index >= 15 is 0 Å². The predicted octanol–water partition coefficient (Wildman–Crippen LogP) is 2.96. The van der Waals surface area contributed by atoms with Crippen LogP contribution in [0.3, 0.4) is 0 Å². The van der Waals surface area contributed by atoms with Gasteiger partial charge in [-0.15, -0.1) is 0 Å². The summed E-state index contributed by atoms with van der Waals surface area (Å²) in [5.74, 6) is -0.428. The largest absolute Gasteiger partial charge is 0.515 e. The molecule has 0 atom stereocenters. The first kappa shape index (κ1) is 13.0. The molecule has 0 aliphatic heterocycles. The molecule has 0 saturated carbocycles. The van der Waals surface area contributed by atoms with Gasteiger partial charge in [0.25, 0.3) is 0 Å².